The Hall–Kier alpha value is -3.10. The van der Waals surface area contributed by atoms with E-state index < -0.39 is 35.4 Å². The number of hydrogen-bond acceptors (Lipinski definition) is 4. The molecule has 9 heteroatoms. The second-order valence-electron chi connectivity index (χ2n) is 6.15. The fraction of sp³-hybridized carbons (Fsp3) is 0.316. The third-order valence-electron chi connectivity index (χ3n) is 4.10. The Morgan fingerprint density at radius 1 is 1.25 bits per heavy atom. The summed E-state index contributed by atoms with van der Waals surface area (Å²) in [5.41, 5.74) is 0.926. The van der Waals surface area contributed by atoms with Crippen LogP contribution in [0.4, 0.5) is 18.9 Å². The van der Waals surface area contributed by atoms with Gasteiger partial charge in [-0.2, -0.15) is 18.3 Å². The fourth-order valence-electron chi connectivity index (χ4n) is 2.52. The van der Waals surface area contributed by atoms with Crippen molar-refractivity contribution in [3.63, 3.8) is 0 Å². The molecular weight excluding hydrogens is 375 g/mol. The SMILES string of the molecule is Cc1nn(C)c(C)c1/C=C/C(=O)O[C@@H](C)C(=O)Nc1ccccc1C(F)(F)F. The number of nitrogens with one attached hydrogen (secondary N) is 1. The number of carbonyl (C=O) groups excluding carboxylic acids is 2. The summed E-state index contributed by atoms with van der Waals surface area (Å²) < 4.78 is 45.6. The zero-order chi connectivity index (χ0) is 21.1. The van der Waals surface area contributed by atoms with Crippen molar-refractivity contribution >= 4 is 23.6 Å². The molecule has 0 saturated heterocycles. The maximum Gasteiger partial charge on any atom is 0.418 e. The van der Waals surface area contributed by atoms with Crippen molar-refractivity contribution < 1.29 is 27.5 Å². The zero-order valence-electron chi connectivity index (χ0n) is 15.8. The second kappa shape index (κ2) is 8.28. The minimum atomic E-state index is -4.62. The van der Waals surface area contributed by atoms with E-state index in [0.29, 0.717) is 0 Å². The normalized spacial score (nSPS) is 12.8. The van der Waals surface area contributed by atoms with Crippen LogP contribution in [0, 0.1) is 13.8 Å². The van der Waals surface area contributed by atoms with Gasteiger partial charge in [0.25, 0.3) is 5.91 Å². The summed E-state index contributed by atoms with van der Waals surface area (Å²) >= 11 is 0. The van der Waals surface area contributed by atoms with Gasteiger partial charge in [0.15, 0.2) is 6.10 Å². The number of carbonyl (C=O) groups is 2. The summed E-state index contributed by atoms with van der Waals surface area (Å²) in [6, 6.07) is 4.56. The third-order valence-corrected chi connectivity index (χ3v) is 4.10. The maximum atomic E-state index is 13.0. The molecule has 0 spiro atoms. The van der Waals surface area contributed by atoms with Crippen molar-refractivity contribution in [3.8, 4) is 0 Å². The largest absolute Gasteiger partial charge is 0.449 e. The number of alkyl halides is 3. The van der Waals surface area contributed by atoms with Gasteiger partial charge < -0.3 is 10.1 Å². The van der Waals surface area contributed by atoms with Gasteiger partial charge in [-0.3, -0.25) is 9.48 Å². The van der Waals surface area contributed by atoms with Crippen molar-refractivity contribution in [3.05, 3.63) is 52.9 Å². The van der Waals surface area contributed by atoms with Crippen LogP contribution < -0.4 is 5.32 Å². The molecule has 1 heterocycles. The van der Waals surface area contributed by atoms with E-state index in [9.17, 15) is 22.8 Å². The van der Waals surface area contributed by atoms with E-state index in [1.54, 1.807) is 18.7 Å². The Balaban J connectivity index is 2.03. The Labute approximate surface area is 160 Å². The monoisotopic (exact) mass is 395 g/mol. The third kappa shape index (κ3) is 4.99. The first-order valence-corrected chi connectivity index (χ1v) is 8.36. The van der Waals surface area contributed by atoms with Gasteiger partial charge in [0.1, 0.15) is 0 Å². The maximum absolute atomic E-state index is 13.0. The lowest BCUT2D eigenvalue weighted by Crippen LogP contribution is -2.30. The molecule has 1 aromatic heterocycles. The predicted octanol–water partition coefficient (Wildman–Crippen LogP) is 3.64. The van der Waals surface area contributed by atoms with E-state index in [4.69, 9.17) is 4.74 Å². The van der Waals surface area contributed by atoms with Gasteiger partial charge in [-0.05, 0) is 39.0 Å². The van der Waals surface area contributed by atoms with Crippen LogP contribution in [0.1, 0.15) is 29.4 Å². The molecule has 2 aromatic rings. The van der Waals surface area contributed by atoms with Gasteiger partial charge in [-0.15, -0.1) is 0 Å². The van der Waals surface area contributed by atoms with Crippen molar-refractivity contribution in [1.29, 1.82) is 0 Å². The van der Waals surface area contributed by atoms with Gasteiger partial charge >= 0.3 is 12.1 Å². The molecule has 0 saturated carbocycles. The topological polar surface area (TPSA) is 73.2 Å². The molecule has 0 aliphatic carbocycles. The molecule has 1 atom stereocenters. The first kappa shape index (κ1) is 21.2. The number of anilines is 1. The standard InChI is InChI=1S/C19H20F3N3O3/c1-11-14(12(2)25(4)24-11)9-10-17(26)28-13(3)18(27)23-16-8-6-5-7-15(16)19(20,21)22/h5-10,13H,1-4H3,(H,23,27)/b10-9+/t13-/m0/s1. The molecular formula is C19H20F3N3O3. The second-order valence-corrected chi connectivity index (χ2v) is 6.15. The number of aryl methyl sites for hydroxylation is 2. The number of amides is 1. The van der Waals surface area contributed by atoms with Crippen LogP contribution in [-0.4, -0.2) is 27.8 Å². The molecule has 2 rings (SSSR count). The Bertz CT molecular complexity index is 917. The van der Waals surface area contributed by atoms with E-state index in [2.05, 4.69) is 10.4 Å². The molecule has 0 unspecified atom stereocenters. The minimum Gasteiger partial charge on any atom is -0.449 e. The molecule has 0 aliphatic rings. The lowest BCUT2D eigenvalue weighted by Gasteiger charge is -2.16. The lowest BCUT2D eigenvalue weighted by molar-refractivity contribution is -0.148. The summed E-state index contributed by atoms with van der Waals surface area (Å²) in [6.07, 6.45) is -3.24. The highest BCUT2D eigenvalue weighted by molar-refractivity contribution is 5.97. The number of rotatable bonds is 5. The first-order valence-electron chi connectivity index (χ1n) is 8.36. The number of halogens is 3. The first-order chi connectivity index (χ1) is 13.0. The molecule has 6 nitrogen and oxygen atoms in total. The van der Waals surface area contributed by atoms with Gasteiger partial charge in [0.2, 0.25) is 0 Å². The number of benzene rings is 1. The highest BCUT2D eigenvalue weighted by Gasteiger charge is 2.34. The van der Waals surface area contributed by atoms with Crippen LogP contribution in [0.25, 0.3) is 6.08 Å². The summed E-state index contributed by atoms with van der Waals surface area (Å²) in [5, 5.41) is 6.35. The summed E-state index contributed by atoms with van der Waals surface area (Å²) in [6.45, 7) is 4.89. The van der Waals surface area contributed by atoms with Crippen LogP contribution in [-0.2, 0) is 27.5 Å². The molecule has 1 aromatic carbocycles. The van der Waals surface area contributed by atoms with Crippen LogP contribution in [0.2, 0.25) is 0 Å². The molecule has 1 N–H and O–H groups in total. The number of ether oxygens (including phenoxy) is 1. The number of hydrogen-bond donors (Lipinski definition) is 1. The molecule has 150 valence electrons. The van der Waals surface area contributed by atoms with Gasteiger partial charge in [0.05, 0.1) is 16.9 Å². The smallest absolute Gasteiger partial charge is 0.418 e. The summed E-state index contributed by atoms with van der Waals surface area (Å²) in [4.78, 5) is 24.1. The van der Waals surface area contributed by atoms with Crippen LogP contribution >= 0.6 is 0 Å². The Morgan fingerprint density at radius 2 is 1.89 bits per heavy atom. The quantitative estimate of drug-likeness (QED) is 0.620. The molecule has 0 bridgehead atoms. The number of para-hydroxylation sites is 1. The highest BCUT2D eigenvalue weighted by atomic mass is 19.4. The molecule has 0 radical (unpaired) electrons. The van der Waals surface area contributed by atoms with Gasteiger partial charge in [-0.25, -0.2) is 4.79 Å². The molecule has 0 aliphatic heterocycles. The van der Waals surface area contributed by atoms with E-state index in [1.165, 1.54) is 25.1 Å². The van der Waals surface area contributed by atoms with Crippen molar-refractivity contribution in [2.75, 3.05) is 5.32 Å². The van der Waals surface area contributed by atoms with Gasteiger partial charge in [0, 0.05) is 24.4 Å². The van der Waals surface area contributed by atoms with E-state index in [1.807, 2.05) is 6.92 Å². The fourth-order valence-corrected chi connectivity index (χ4v) is 2.52. The molecule has 1 amide bonds. The predicted molar refractivity (Wildman–Crippen MR) is 97.3 cm³/mol. The van der Waals surface area contributed by atoms with Crippen LogP contribution in [0.3, 0.4) is 0 Å². The molecule has 0 fully saturated rings. The number of nitrogens with zero attached hydrogens (tertiary/aromatic N) is 2. The summed E-state index contributed by atoms with van der Waals surface area (Å²) in [5.74, 6) is -1.67. The average Bonchev–Trinajstić information content (AvgIpc) is 2.84. The average molecular weight is 395 g/mol. The Morgan fingerprint density at radius 3 is 2.46 bits per heavy atom. The van der Waals surface area contributed by atoms with Crippen molar-refractivity contribution in [1.82, 2.24) is 9.78 Å². The lowest BCUT2D eigenvalue weighted by atomic mass is 10.1. The van der Waals surface area contributed by atoms with E-state index in [0.717, 1.165) is 35.2 Å². The van der Waals surface area contributed by atoms with Crippen molar-refractivity contribution in [2.24, 2.45) is 7.05 Å². The van der Waals surface area contributed by atoms with Crippen LogP contribution in [0.5, 0.6) is 0 Å². The molecule has 28 heavy (non-hydrogen) atoms. The highest BCUT2D eigenvalue weighted by Crippen LogP contribution is 2.34. The number of esters is 1. The minimum absolute atomic E-state index is 0.403. The number of aromatic nitrogens is 2. The summed E-state index contributed by atoms with van der Waals surface area (Å²) in [7, 11) is 1.77. The Kier molecular flexibility index (Phi) is 6.27. The van der Waals surface area contributed by atoms with Crippen LogP contribution in [0.15, 0.2) is 30.3 Å². The van der Waals surface area contributed by atoms with E-state index in [-0.39, 0.29) is 0 Å². The van der Waals surface area contributed by atoms with E-state index >= 15 is 0 Å². The van der Waals surface area contributed by atoms with Gasteiger partial charge in [-0.1, -0.05) is 12.1 Å². The zero-order valence-corrected chi connectivity index (χ0v) is 15.8. The van der Waals surface area contributed by atoms with Crippen molar-refractivity contribution in [2.45, 2.75) is 33.1 Å².